The number of imidazole rings is 1. The van der Waals surface area contributed by atoms with Crippen molar-refractivity contribution < 1.29 is 54.8 Å². The zero-order valence-corrected chi connectivity index (χ0v) is 34.8. The highest BCUT2D eigenvalue weighted by Gasteiger charge is 2.73. The molecule has 8 rings (SSSR count). The Morgan fingerprint density at radius 3 is 2.38 bits per heavy atom. The van der Waals surface area contributed by atoms with E-state index in [1.807, 2.05) is 6.92 Å². The number of allylic oxidation sites excluding steroid dienone is 2. The zero-order valence-electron chi connectivity index (χ0n) is 34.8. The highest BCUT2D eigenvalue weighted by atomic mass is 16.7. The summed E-state index contributed by atoms with van der Waals surface area (Å²) in [6.07, 6.45) is 4.21. The fourth-order valence-electron chi connectivity index (χ4n) is 14.8. The van der Waals surface area contributed by atoms with E-state index < -0.39 is 64.9 Å². The maximum Gasteiger partial charge on any atom is 0.310 e. The number of aromatic amines is 1. The van der Waals surface area contributed by atoms with Crippen LogP contribution in [0.1, 0.15) is 105 Å². The lowest BCUT2D eigenvalue weighted by Crippen LogP contribution is -2.72. The number of rotatable bonds is 9. The number of carboxylic acid groups (broad SMARTS) is 1. The van der Waals surface area contributed by atoms with Crippen LogP contribution in [0.3, 0.4) is 0 Å². The normalized spacial score (nSPS) is 51.4. The molecule has 6 fully saturated rings. The Bertz CT molecular complexity index is 1760. The van der Waals surface area contributed by atoms with Crippen LogP contribution in [0, 0.1) is 62.1 Å². The van der Waals surface area contributed by atoms with E-state index in [0.29, 0.717) is 57.8 Å². The van der Waals surface area contributed by atoms with Crippen molar-refractivity contribution in [3.8, 4) is 0 Å². The zero-order chi connectivity index (χ0) is 41.8. The molecule has 1 amide bonds. The molecule has 7 aliphatic rings. The largest absolute Gasteiger partial charge is 0.481 e. The molecule has 2 saturated heterocycles. The number of fused-ring (bicyclic) bond motifs is 7. The number of aliphatic hydroxyl groups is 6. The molecular weight excluding hydrogens is 746 g/mol. The predicted molar refractivity (Wildman–Crippen MR) is 209 cm³/mol. The van der Waals surface area contributed by atoms with Gasteiger partial charge in [0.1, 0.15) is 18.3 Å². The van der Waals surface area contributed by atoms with Crippen molar-refractivity contribution in [1.29, 1.82) is 0 Å². The van der Waals surface area contributed by atoms with Crippen LogP contribution in [0.5, 0.6) is 0 Å². The number of hydrogen-bond donors (Lipinski definition) is 9. The number of nitrogens with zero attached hydrogens (tertiary/aromatic N) is 1. The van der Waals surface area contributed by atoms with E-state index in [-0.39, 0.29) is 78.1 Å². The van der Waals surface area contributed by atoms with Crippen LogP contribution in [0.25, 0.3) is 0 Å². The number of H-pyrrole nitrogens is 1. The van der Waals surface area contributed by atoms with Crippen LogP contribution in [-0.4, -0.2) is 120 Å². The summed E-state index contributed by atoms with van der Waals surface area (Å²) >= 11 is 0. The van der Waals surface area contributed by atoms with E-state index in [1.165, 1.54) is 5.57 Å². The molecule has 1 aromatic heterocycles. The summed E-state index contributed by atoms with van der Waals surface area (Å²) in [6, 6.07) is -0.215. The molecule has 5 aliphatic carbocycles. The Hall–Kier alpha value is -2.43. The average Bonchev–Trinajstić information content (AvgIpc) is 3.83. The molecule has 1 aromatic rings. The van der Waals surface area contributed by atoms with Gasteiger partial charge in [0.15, 0.2) is 6.29 Å². The number of amides is 1. The predicted octanol–water partition coefficient (Wildman–Crippen LogP) is 2.70. The molecule has 0 bridgehead atoms. The highest BCUT2D eigenvalue weighted by Crippen LogP contribution is 2.77. The standard InChI is InChI=1S/C44H67N3O11/c1-39(20-48)10-12-44(38(55)56)13-11-41(3)25(27(44)17-39)6-7-31-42(41,4)9-8-30-40(2,21-49)36(58-37-35(54)34(53)29(50)19-57-37)33(52)26(43(30,31)5)14-23-15-32(51)47-28(23)16-24-18-45-22-46-24/h6,18,22-23,26-31,33-37,48-50,52-54H,7-17,19-21H2,1-5H3,(H,45,46)(H,47,51)(H,55,56). The third-order valence-electron chi connectivity index (χ3n) is 18.4. The second kappa shape index (κ2) is 14.6. The molecule has 14 nitrogen and oxygen atoms in total. The molecule has 18 unspecified atom stereocenters. The van der Waals surface area contributed by atoms with Crippen molar-refractivity contribution in [3.05, 3.63) is 29.9 Å². The minimum Gasteiger partial charge on any atom is -0.481 e. The molecule has 2 aliphatic heterocycles. The molecule has 18 atom stereocenters. The summed E-state index contributed by atoms with van der Waals surface area (Å²) in [7, 11) is 0. The molecule has 9 N–H and O–H groups in total. The number of aliphatic carboxylic acids is 1. The highest BCUT2D eigenvalue weighted by molar-refractivity contribution is 5.79. The van der Waals surface area contributed by atoms with Crippen LogP contribution in [0.2, 0.25) is 0 Å². The van der Waals surface area contributed by atoms with Crippen LogP contribution in [0.4, 0.5) is 0 Å². The third kappa shape index (κ3) is 6.04. The average molecular weight is 814 g/mol. The molecular formula is C44H67N3O11. The molecule has 0 spiro atoms. The van der Waals surface area contributed by atoms with Crippen molar-refractivity contribution in [3.63, 3.8) is 0 Å². The van der Waals surface area contributed by atoms with Gasteiger partial charge in [0.05, 0.1) is 37.2 Å². The number of carboxylic acids is 1. The number of hydrogen-bond acceptors (Lipinski definition) is 11. The number of nitrogens with one attached hydrogen (secondary N) is 2. The first-order chi connectivity index (χ1) is 27.3. The molecule has 3 heterocycles. The first kappa shape index (κ1) is 42.3. The van der Waals surface area contributed by atoms with Gasteiger partial charge in [-0.25, -0.2) is 4.98 Å². The van der Waals surface area contributed by atoms with Gasteiger partial charge in [-0.15, -0.1) is 0 Å². The monoisotopic (exact) mass is 813 g/mol. The van der Waals surface area contributed by atoms with E-state index >= 15 is 0 Å². The van der Waals surface area contributed by atoms with Crippen LogP contribution in [0.15, 0.2) is 24.2 Å². The van der Waals surface area contributed by atoms with Gasteiger partial charge in [-0.2, -0.15) is 0 Å². The second-order valence-electron chi connectivity index (χ2n) is 21.1. The Morgan fingerprint density at radius 2 is 1.71 bits per heavy atom. The molecule has 324 valence electrons. The maximum atomic E-state index is 13.3. The van der Waals surface area contributed by atoms with Gasteiger partial charge < -0.3 is 55.5 Å². The lowest BCUT2D eigenvalue weighted by atomic mass is 9.31. The van der Waals surface area contributed by atoms with Gasteiger partial charge >= 0.3 is 5.97 Å². The maximum absolute atomic E-state index is 13.3. The van der Waals surface area contributed by atoms with Gasteiger partial charge in [0.2, 0.25) is 5.91 Å². The van der Waals surface area contributed by atoms with Gasteiger partial charge in [0, 0.05) is 42.8 Å². The number of aliphatic hydroxyl groups excluding tert-OH is 6. The smallest absolute Gasteiger partial charge is 0.310 e. The number of carbonyl (C=O) groups excluding carboxylic acids is 1. The number of aromatic nitrogens is 2. The fraction of sp³-hybridized carbons (Fsp3) is 0.841. The van der Waals surface area contributed by atoms with Gasteiger partial charge in [-0.1, -0.05) is 46.3 Å². The molecule has 58 heavy (non-hydrogen) atoms. The van der Waals surface area contributed by atoms with E-state index in [2.05, 4.69) is 49.1 Å². The van der Waals surface area contributed by atoms with E-state index in [9.17, 15) is 45.3 Å². The SMILES string of the molecule is CC1(CO)CCC2(C(=O)O)CCC3(C)C(=CCC4C5(C)C(CC6CC(=O)NC6Cc6cnc[nH]6)C(O)C(OC6OCC(O)C(O)C6O)C(C)(CO)C5CCC43C)C2C1. The molecule has 14 heteroatoms. The summed E-state index contributed by atoms with van der Waals surface area (Å²) in [6.45, 7) is 10.4. The quantitative estimate of drug-likeness (QED) is 0.129. The van der Waals surface area contributed by atoms with Crippen molar-refractivity contribution in [2.24, 2.45) is 62.1 Å². The molecule has 0 aromatic carbocycles. The van der Waals surface area contributed by atoms with Crippen molar-refractivity contribution >= 4 is 11.9 Å². The summed E-state index contributed by atoms with van der Waals surface area (Å²) in [5, 5.41) is 81.0. The third-order valence-corrected chi connectivity index (χ3v) is 18.4. The van der Waals surface area contributed by atoms with Crippen LogP contribution < -0.4 is 5.32 Å². The van der Waals surface area contributed by atoms with Gasteiger partial charge in [0.25, 0.3) is 0 Å². The summed E-state index contributed by atoms with van der Waals surface area (Å²) in [5.74, 6) is -1.81. The topological polar surface area (TPSA) is 235 Å². The fourth-order valence-corrected chi connectivity index (χ4v) is 14.8. The molecule has 4 saturated carbocycles. The lowest BCUT2D eigenvalue weighted by molar-refractivity contribution is -0.340. The lowest BCUT2D eigenvalue weighted by Gasteiger charge is -2.73. The van der Waals surface area contributed by atoms with Crippen LogP contribution >= 0.6 is 0 Å². The second-order valence-corrected chi connectivity index (χ2v) is 21.1. The summed E-state index contributed by atoms with van der Waals surface area (Å²) in [5.41, 5.74) is -1.50. The van der Waals surface area contributed by atoms with Crippen molar-refractivity contribution in [1.82, 2.24) is 15.3 Å². The van der Waals surface area contributed by atoms with Crippen LogP contribution in [-0.2, 0) is 25.5 Å². The van der Waals surface area contributed by atoms with E-state index in [1.54, 1.807) is 12.5 Å². The minimum atomic E-state index is -1.59. The molecule has 0 radical (unpaired) electrons. The van der Waals surface area contributed by atoms with Gasteiger partial charge in [-0.3, -0.25) is 9.59 Å². The number of ether oxygens (including phenoxy) is 2. The Morgan fingerprint density at radius 1 is 0.966 bits per heavy atom. The Kier molecular flexibility index (Phi) is 10.6. The van der Waals surface area contributed by atoms with Crippen molar-refractivity contribution in [2.75, 3.05) is 19.8 Å². The minimum absolute atomic E-state index is 0.00581. The summed E-state index contributed by atoms with van der Waals surface area (Å²) < 4.78 is 12.3. The Labute approximate surface area is 341 Å². The van der Waals surface area contributed by atoms with Crippen molar-refractivity contribution in [2.45, 2.75) is 148 Å². The summed E-state index contributed by atoms with van der Waals surface area (Å²) in [4.78, 5) is 33.8. The van der Waals surface area contributed by atoms with Gasteiger partial charge in [-0.05, 0) is 109 Å². The first-order valence-corrected chi connectivity index (χ1v) is 21.7. The van der Waals surface area contributed by atoms with E-state index in [4.69, 9.17) is 9.47 Å². The first-order valence-electron chi connectivity index (χ1n) is 21.7. The Balaban J connectivity index is 1.22. The van der Waals surface area contributed by atoms with E-state index in [0.717, 1.165) is 12.1 Å². The number of carbonyl (C=O) groups is 2.